The van der Waals surface area contributed by atoms with E-state index in [-0.39, 0.29) is 5.91 Å². The van der Waals surface area contributed by atoms with Gasteiger partial charge < -0.3 is 5.32 Å². The predicted octanol–water partition coefficient (Wildman–Crippen LogP) is 3.94. The van der Waals surface area contributed by atoms with Gasteiger partial charge in [-0.2, -0.15) is 10.2 Å². The molecule has 0 aliphatic carbocycles. The third kappa shape index (κ3) is 4.03. The summed E-state index contributed by atoms with van der Waals surface area (Å²) in [5, 5.41) is 12.3. The van der Waals surface area contributed by atoms with Gasteiger partial charge in [0.2, 0.25) is 5.91 Å². The van der Waals surface area contributed by atoms with Gasteiger partial charge in [-0.15, -0.1) is 0 Å². The average molecular weight is 378 g/mol. The molecule has 0 radical (unpaired) electrons. The normalized spacial score (nSPS) is 12.2. The lowest BCUT2D eigenvalue weighted by molar-refractivity contribution is -0.119. The van der Waals surface area contributed by atoms with E-state index in [0.717, 1.165) is 11.3 Å². The Bertz CT molecular complexity index is 902. The van der Waals surface area contributed by atoms with Gasteiger partial charge in [-0.25, -0.2) is 0 Å². The lowest BCUT2D eigenvalue weighted by Crippen LogP contribution is -2.25. The van der Waals surface area contributed by atoms with Crippen molar-refractivity contribution in [1.29, 1.82) is 0 Å². The maximum Gasteiger partial charge on any atom is 0.248 e. The Kier molecular flexibility index (Phi) is 5.11. The molecular weight excluding hydrogens is 361 g/mol. The highest BCUT2D eigenvalue weighted by atomic mass is 35.5. The Hall–Kier alpha value is -2.31. The van der Waals surface area contributed by atoms with Crippen molar-refractivity contribution in [3.63, 3.8) is 0 Å². The van der Waals surface area contributed by atoms with Gasteiger partial charge in [0, 0.05) is 11.9 Å². The molecule has 0 saturated heterocycles. The van der Waals surface area contributed by atoms with Crippen LogP contribution in [-0.2, 0) is 11.3 Å². The molecule has 2 heterocycles. The molecule has 0 fully saturated rings. The van der Waals surface area contributed by atoms with Crippen LogP contribution in [0.25, 0.3) is 0 Å². The number of hydrogen-bond donors (Lipinski definition) is 1. The monoisotopic (exact) mass is 377 g/mol. The maximum absolute atomic E-state index is 12.5. The molecule has 2 aromatic heterocycles. The first-order valence-corrected chi connectivity index (χ1v) is 8.47. The number of nitrogens with zero attached hydrogens (tertiary/aromatic N) is 4. The smallest absolute Gasteiger partial charge is 0.248 e. The zero-order chi connectivity index (χ0) is 18.0. The number of carbonyl (C=O) groups excluding carboxylic acids is 1. The summed E-state index contributed by atoms with van der Waals surface area (Å²) < 4.78 is 3.34. The largest absolute Gasteiger partial charge is 0.324 e. The average Bonchev–Trinajstić information content (AvgIpc) is 3.13. The van der Waals surface area contributed by atoms with Crippen LogP contribution in [0.3, 0.4) is 0 Å². The molecule has 1 unspecified atom stereocenters. The second kappa shape index (κ2) is 7.29. The molecule has 8 heteroatoms. The van der Waals surface area contributed by atoms with E-state index in [4.69, 9.17) is 23.2 Å². The highest BCUT2D eigenvalue weighted by Crippen LogP contribution is 2.20. The first-order valence-electron chi connectivity index (χ1n) is 7.71. The number of carbonyl (C=O) groups is 1. The second-order valence-corrected chi connectivity index (χ2v) is 6.59. The molecule has 130 valence electrons. The molecule has 0 aliphatic rings. The molecule has 1 amide bonds. The fraction of sp³-hybridized carbons (Fsp3) is 0.235. The summed E-state index contributed by atoms with van der Waals surface area (Å²) in [7, 11) is 0. The van der Waals surface area contributed by atoms with E-state index in [1.54, 1.807) is 28.7 Å². The topological polar surface area (TPSA) is 64.7 Å². The van der Waals surface area contributed by atoms with E-state index in [2.05, 4.69) is 15.5 Å². The number of halogens is 2. The Balaban J connectivity index is 1.71. The summed E-state index contributed by atoms with van der Waals surface area (Å²) in [5.41, 5.74) is 2.47. The first kappa shape index (κ1) is 17.5. The van der Waals surface area contributed by atoms with Crippen molar-refractivity contribution >= 4 is 34.8 Å². The van der Waals surface area contributed by atoms with E-state index < -0.39 is 6.04 Å². The van der Waals surface area contributed by atoms with E-state index >= 15 is 0 Å². The molecule has 1 atom stereocenters. The van der Waals surface area contributed by atoms with Crippen LogP contribution in [0, 0.1) is 6.92 Å². The van der Waals surface area contributed by atoms with Crippen molar-refractivity contribution in [3.8, 4) is 0 Å². The van der Waals surface area contributed by atoms with Gasteiger partial charge in [0.1, 0.15) is 6.04 Å². The highest BCUT2D eigenvalue weighted by Gasteiger charge is 2.18. The number of nitrogens with one attached hydrogen (secondary N) is 1. The molecule has 1 aromatic carbocycles. The molecule has 3 aromatic rings. The number of aromatic nitrogens is 4. The minimum Gasteiger partial charge on any atom is -0.324 e. The van der Waals surface area contributed by atoms with Crippen LogP contribution in [0.1, 0.15) is 24.2 Å². The molecule has 3 rings (SSSR count). The Labute approximate surface area is 155 Å². The number of benzene rings is 1. The second-order valence-electron chi connectivity index (χ2n) is 5.74. The Morgan fingerprint density at radius 2 is 2.08 bits per heavy atom. The van der Waals surface area contributed by atoms with Crippen molar-refractivity contribution in [2.45, 2.75) is 26.4 Å². The molecule has 6 nitrogen and oxygen atoms in total. The van der Waals surface area contributed by atoms with E-state index in [1.165, 1.54) is 6.20 Å². The Morgan fingerprint density at radius 3 is 2.72 bits per heavy atom. The van der Waals surface area contributed by atoms with Gasteiger partial charge in [0.15, 0.2) is 0 Å². The van der Waals surface area contributed by atoms with E-state index in [1.807, 2.05) is 31.2 Å². The fourth-order valence-electron chi connectivity index (χ4n) is 2.51. The summed E-state index contributed by atoms with van der Waals surface area (Å²) in [4.78, 5) is 12.5. The summed E-state index contributed by atoms with van der Waals surface area (Å²) in [6, 6.07) is 7.13. The van der Waals surface area contributed by atoms with Gasteiger partial charge in [0.25, 0.3) is 0 Å². The van der Waals surface area contributed by atoms with E-state index in [9.17, 15) is 4.79 Å². The molecule has 0 saturated carbocycles. The van der Waals surface area contributed by atoms with Crippen molar-refractivity contribution in [3.05, 3.63) is 64.2 Å². The number of rotatable bonds is 5. The number of anilines is 1. The zero-order valence-corrected chi connectivity index (χ0v) is 15.3. The third-order valence-corrected chi connectivity index (χ3v) is 4.44. The first-order chi connectivity index (χ1) is 11.9. The molecule has 25 heavy (non-hydrogen) atoms. The highest BCUT2D eigenvalue weighted by molar-refractivity contribution is 6.31. The number of amides is 1. The summed E-state index contributed by atoms with van der Waals surface area (Å²) in [6.45, 7) is 4.18. The van der Waals surface area contributed by atoms with Crippen molar-refractivity contribution in [2.24, 2.45) is 0 Å². The van der Waals surface area contributed by atoms with Crippen molar-refractivity contribution < 1.29 is 4.79 Å². The van der Waals surface area contributed by atoms with Crippen LogP contribution in [0.15, 0.2) is 42.9 Å². The van der Waals surface area contributed by atoms with Gasteiger partial charge >= 0.3 is 0 Å². The molecule has 1 N–H and O–H groups in total. The van der Waals surface area contributed by atoms with Crippen LogP contribution in [0.5, 0.6) is 0 Å². The number of hydrogen-bond acceptors (Lipinski definition) is 3. The van der Waals surface area contributed by atoms with Gasteiger partial charge in [-0.1, -0.05) is 35.3 Å². The van der Waals surface area contributed by atoms with Crippen molar-refractivity contribution in [1.82, 2.24) is 19.6 Å². The van der Waals surface area contributed by atoms with Crippen molar-refractivity contribution in [2.75, 3.05) is 5.32 Å². The van der Waals surface area contributed by atoms with Crippen LogP contribution in [-0.4, -0.2) is 25.5 Å². The third-order valence-electron chi connectivity index (χ3n) is 3.87. The minimum atomic E-state index is -0.471. The summed E-state index contributed by atoms with van der Waals surface area (Å²) >= 11 is 11.9. The predicted molar refractivity (Wildman–Crippen MR) is 98.1 cm³/mol. The van der Waals surface area contributed by atoms with Crippen LogP contribution in [0.2, 0.25) is 10.0 Å². The summed E-state index contributed by atoms with van der Waals surface area (Å²) in [6.07, 6.45) is 4.88. The van der Waals surface area contributed by atoms with Crippen LogP contribution in [0.4, 0.5) is 5.69 Å². The lowest BCUT2D eigenvalue weighted by Gasteiger charge is -2.15. The molecule has 0 spiro atoms. The van der Waals surface area contributed by atoms with Gasteiger partial charge in [0.05, 0.1) is 34.7 Å². The minimum absolute atomic E-state index is 0.165. The zero-order valence-electron chi connectivity index (χ0n) is 13.8. The van der Waals surface area contributed by atoms with Gasteiger partial charge in [-0.05, 0) is 31.5 Å². The SMILES string of the molecule is Cc1c(Cl)cnn1C(C)C(=O)Nc1cccc(Cn2cc(Cl)cn2)c1. The molecule has 0 aliphatic heterocycles. The lowest BCUT2D eigenvalue weighted by atomic mass is 10.2. The van der Waals surface area contributed by atoms with Crippen LogP contribution >= 0.6 is 23.2 Å². The quantitative estimate of drug-likeness (QED) is 0.731. The fourth-order valence-corrected chi connectivity index (χ4v) is 2.80. The standard InChI is InChI=1S/C17H17Cl2N5O/c1-11-16(19)8-21-24(11)12(2)17(25)22-15-5-3-4-13(6-15)9-23-10-14(18)7-20-23/h3-8,10,12H,9H2,1-2H3,(H,22,25). The summed E-state index contributed by atoms with van der Waals surface area (Å²) in [5.74, 6) is -0.165. The molecular formula is C17H17Cl2N5O. The Morgan fingerprint density at radius 1 is 1.28 bits per heavy atom. The maximum atomic E-state index is 12.5. The molecule has 0 bridgehead atoms. The van der Waals surface area contributed by atoms with Crippen LogP contribution < -0.4 is 5.32 Å². The van der Waals surface area contributed by atoms with E-state index in [0.29, 0.717) is 22.3 Å². The van der Waals surface area contributed by atoms with Gasteiger partial charge in [-0.3, -0.25) is 14.2 Å².